The number of nitrogens with zero attached hydrogens (tertiary/aromatic N) is 2. The normalized spacial score (nSPS) is 12.7. The molecule has 4 rings (SSSR count). The molecule has 1 aliphatic rings. The Morgan fingerprint density at radius 1 is 1.06 bits per heavy atom. The maximum absolute atomic E-state index is 13.3. The van der Waals surface area contributed by atoms with Gasteiger partial charge in [0.05, 0.1) is 11.4 Å². The van der Waals surface area contributed by atoms with Gasteiger partial charge in [0.2, 0.25) is 5.78 Å². The third-order valence-electron chi connectivity index (χ3n) is 5.32. The van der Waals surface area contributed by atoms with Crippen LogP contribution in [0.5, 0.6) is 0 Å². The van der Waals surface area contributed by atoms with Crippen molar-refractivity contribution < 1.29 is 14.4 Å². The van der Waals surface area contributed by atoms with Gasteiger partial charge >= 0.3 is 0 Å². The van der Waals surface area contributed by atoms with E-state index in [4.69, 9.17) is 0 Å². The van der Waals surface area contributed by atoms with Crippen molar-refractivity contribution in [1.82, 2.24) is 9.97 Å². The molecule has 158 valence electrons. The van der Waals surface area contributed by atoms with E-state index in [1.165, 1.54) is 0 Å². The van der Waals surface area contributed by atoms with Gasteiger partial charge in [-0.1, -0.05) is 32.0 Å². The molecule has 0 radical (unpaired) electrons. The average molecular weight is 416 g/mol. The van der Waals surface area contributed by atoms with Crippen LogP contribution in [0.3, 0.4) is 0 Å². The van der Waals surface area contributed by atoms with Gasteiger partial charge in [0, 0.05) is 41.4 Å². The zero-order valence-electron chi connectivity index (χ0n) is 17.7. The van der Waals surface area contributed by atoms with Crippen LogP contribution in [0.4, 0.5) is 11.4 Å². The van der Waals surface area contributed by atoms with Gasteiger partial charge in [-0.2, -0.15) is 0 Å². The molecule has 0 unspecified atom stereocenters. The van der Waals surface area contributed by atoms with Gasteiger partial charge in [-0.3, -0.25) is 14.4 Å². The quantitative estimate of drug-likeness (QED) is 0.633. The second kappa shape index (κ2) is 8.18. The van der Waals surface area contributed by atoms with E-state index in [9.17, 15) is 14.4 Å². The van der Waals surface area contributed by atoms with Crippen molar-refractivity contribution >= 4 is 29.0 Å². The Morgan fingerprint density at radius 3 is 2.48 bits per heavy atom. The van der Waals surface area contributed by atoms with Crippen molar-refractivity contribution in [3.63, 3.8) is 0 Å². The fraction of sp³-hybridized carbons (Fsp3) is 0.250. The number of carbonyl (C=O) groups is 3. The number of para-hydroxylation sites is 1. The predicted molar refractivity (Wildman–Crippen MR) is 119 cm³/mol. The van der Waals surface area contributed by atoms with Gasteiger partial charge in [-0.25, -0.2) is 4.98 Å². The number of aryl methyl sites for hydroxylation is 1. The number of nitrogens with one attached hydrogen (secondary N) is 2. The number of carbonyl (C=O) groups excluding carboxylic acids is 3. The zero-order chi connectivity index (χ0) is 22.1. The van der Waals surface area contributed by atoms with Crippen LogP contribution in [0, 0.1) is 12.8 Å². The predicted octanol–water partition coefficient (Wildman–Crippen LogP) is 3.75. The molecule has 7 nitrogen and oxygen atoms in total. The highest BCUT2D eigenvalue weighted by atomic mass is 16.2. The molecular weight excluding hydrogens is 392 g/mol. The number of ketones is 1. The van der Waals surface area contributed by atoms with Crippen LogP contribution in [0.1, 0.15) is 35.7 Å². The molecule has 7 heteroatoms. The van der Waals surface area contributed by atoms with Crippen molar-refractivity contribution in [2.45, 2.75) is 27.2 Å². The molecular formula is C24H24N4O3. The smallest absolute Gasteiger partial charge is 0.292 e. The first-order valence-electron chi connectivity index (χ1n) is 10.3. The van der Waals surface area contributed by atoms with E-state index in [2.05, 4.69) is 15.3 Å². The third-order valence-corrected chi connectivity index (χ3v) is 5.32. The number of amides is 2. The van der Waals surface area contributed by atoms with Crippen LogP contribution >= 0.6 is 0 Å². The van der Waals surface area contributed by atoms with Gasteiger partial charge < -0.3 is 15.2 Å². The number of hydrogen-bond donors (Lipinski definition) is 2. The molecule has 31 heavy (non-hydrogen) atoms. The van der Waals surface area contributed by atoms with Gasteiger partial charge in [-0.05, 0) is 37.3 Å². The maximum atomic E-state index is 13.3. The van der Waals surface area contributed by atoms with Crippen molar-refractivity contribution in [2.24, 2.45) is 5.92 Å². The molecule has 0 saturated carbocycles. The van der Waals surface area contributed by atoms with Crippen molar-refractivity contribution in [1.29, 1.82) is 0 Å². The lowest BCUT2D eigenvalue weighted by Gasteiger charge is -2.23. The summed E-state index contributed by atoms with van der Waals surface area (Å²) in [5, 5.41) is 2.58. The number of Topliss-reactive ketones (excluding diaryl/α,β-unsaturated/α-hetero) is 1. The Labute approximate surface area is 180 Å². The molecule has 0 aliphatic carbocycles. The molecule has 0 atom stereocenters. The number of hydrogen-bond acceptors (Lipinski definition) is 4. The van der Waals surface area contributed by atoms with Gasteiger partial charge in [-0.15, -0.1) is 0 Å². The Balaban J connectivity index is 1.58. The summed E-state index contributed by atoms with van der Waals surface area (Å²) in [6.45, 7) is 5.80. The minimum absolute atomic E-state index is 0.134. The molecule has 0 saturated heterocycles. The largest absolute Gasteiger partial charge is 0.346 e. The summed E-state index contributed by atoms with van der Waals surface area (Å²) in [6.07, 6.45) is 0.669. The van der Waals surface area contributed by atoms with E-state index in [-0.39, 0.29) is 11.8 Å². The molecule has 0 fully saturated rings. The highest BCUT2D eigenvalue weighted by Gasteiger charge is 2.27. The third kappa shape index (κ3) is 3.99. The Hall–Kier alpha value is -3.74. The monoisotopic (exact) mass is 416 g/mol. The summed E-state index contributed by atoms with van der Waals surface area (Å²) in [4.78, 5) is 46.8. The molecule has 2 heterocycles. The number of rotatable bonds is 4. The van der Waals surface area contributed by atoms with Crippen LogP contribution in [-0.4, -0.2) is 34.1 Å². The minimum atomic E-state index is -0.653. The lowest BCUT2D eigenvalue weighted by Crippen LogP contribution is -2.32. The Bertz CT molecular complexity index is 1160. The SMILES string of the molecule is Cc1nc2c([nH]1)CCN(C(=O)c1ccc(NC(=O)C(=O)C(C)C)cc1)c1ccccc1-2. The van der Waals surface area contributed by atoms with Crippen LogP contribution in [0.15, 0.2) is 48.5 Å². The number of aromatic nitrogens is 2. The van der Waals surface area contributed by atoms with Crippen molar-refractivity contribution in [3.8, 4) is 11.3 Å². The summed E-state index contributed by atoms with van der Waals surface area (Å²) < 4.78 is 0. The Kier molecular flexibility index (Phi) is 5.42. The maximum Gasteiger partial charge on any atom is 0.292 e. The highest BCUT2D eigenvalue weighted by molar-refractivity contribution is 6.41. The van der Waals surface area contributed by atoms with Crippen LogP contribution in [-0.2, 0) is 16.0 Å². The second-order valence-corrected chi connectivity index (χ2v) is 7.92. The number of aromatic amines is 1. The van der Waals surface area contributed by atoms with Crippen molar-refractivity contribution in [2.75, 3.05) is 16.8 Å². The van der Waals surface area contributed by atoms with E-state index in [0.29, 0.717) is 24.2 Å². The molecule has 3 aromatic rings. The number of imidazole rings is 1. The lowest BCUT2D eigenvalue weighted by atomic mass is 10.1. The lowest BCUT2D eigenvalue weighted by molar-refractivity contribution is -0.136. The van der Waals surface area contributed by atoms with Gasteiger partial charge in [0.25, 0.3) is 11.8 Å². The highest BCUT2D eigenvalue weighted by Crippen LogP contribution is 2.35. The van der Waals surface area contributed by atoms with Crippen LogP contribution < -0.4 is 10.2 Å². The van der Waals surface area contributed by atoms with E-state index in [1.54, 1.807) is 43.0 Å². The fourth-order valence-corrected chi connectivity index (χ4v) is 3.72. The topological polar surface area (TPSA) is 95.2 Å². The molecule has 0 bridgehead atoms. The first kappa shape index (κ1) is 20.5. The van der Waals surface area contributed by atoms with Crippen molar-refractivity contribution in [3.05, 3.63) is 65.6 Å². The number of H-pyrrole nitrogens is 1. The first-order valence-corrected chi connectivity index (χ1v) is 10.3. The average Bonchev–Trinajstić information content (AvgIpc) is 3.07. The second-order valence-electron chi connectivity index (χ2n) is 7.92. The number of benzene rings is 2. The summed E-state index contributed by atoms with van der Waals surface area (Å²) in [7, 11) is 0. The van der Waals surface area contributed by atoms with Crippen LogP contribution in [0.25, 0.3) is 11.3 Å². The summed E-state index contributed by atoms with van der Waals surface area (Å²) in [5.74, 6) is -0.784. The number of fused-ring (bicyclic) bond motifs is 3. The molecule has 2 N–H and O–H groups in total. The molecule has 2 amide bonds. The number of anilines is 2. The molecule has 2 aromatic carbocycles. The zero-order valence-corrected chi connectivity index (χ0v) is 17.7. The first-order chi connectivity index (χ1) is 14.8. The molecule has 1 aromatic heterocycles. The van der Waals surface area contributed by atoms with E-state index < -0.39 is 11.7 Å². The molecule has 0 spiro atoms. The standard InChI is InChI=1S/C24H24N4O3/c1-14(2)22(29)23(30)27-17-10-8-16(9-11-17)24(31)28-13-12-19-21(26-15(3)25-19)18-6-4-5-7-20(18)28/h4-11,14H,12-13H2,1-3H3,(H,25,26)(H,27,30). The van der Waals surface area contributed by atoms with Gasteiger partial charge in [0.15, 0.2) is 0 Å². The van der Waals surface area contributed by atoms with Gasteiger partial charge in [0.1, 0.15) is 5.82 Å². The van der Waals surface area contributed by atoms with Crippen LogP contribution in [0.2, 0.25) is 0 Å². The van der Waals surface area contributed by atoms with E-state index >= 15 is 0 Å². The molecule has 1 aliphatic heterocycles. The van der Waals surface area contributed by atoms with E-state index in [0.717, 1.165) is 28.5 Å². The summed E-state index contributed by atoms with van der Waals surface area (Å²) in [5.41, 5.74) is 4.62. The fourth-order valence-electron chi connectivity index (χ4n) is 3.72. The Morgan fingerprint density at radius 2 is 1.77 bits per heavy atom. The summed E-state index contributed by atoms with van der Waals surface area (Å²) in [6, 6.07) is 14.3. The minimum Gasteiger partial charge on any atom is -0.346 e. The van der Waals surface area contributed by atoms with E-state index in [1.807, 2.05) is 31.2 Å². The summed E-state index contributed by atoms with van der Waals surface area (Å²) >= 11 is 0.